The van der Waals surface area contributed by atoms with Crippen molar-refractivity contribution in [3.8, 4) is 22.8 Å². The Hall–Kier alpha value is -2.51. The number of fused-ring (bicyclic) bond motifs is 1. The van der Waals surface area contributed by atoms with E-state index in [1.54, 1.807) is 18.3 Å². The Balaban J connectivity index is 2.34. The van der Waals surface area contributed by atoms with Crippen molar-refractivity contribution in [3.63, 3.8) is 0 Å². The zero-order valence-electron chi connectivity index (χ0n) is 14.4. The molecule has 0 spiro atoms. The number of nitrogens with two attached hydrogens (primary N) is 1. The molecule has 1 aromatic carbocycles. The Labute approximate surface area is 160 Å². The van der Waals surface area contributed by atoms with Gasteiger partial charge in [-0.25, -0.2) is 15.0 Å². The molecule has 9 heteroatoms. The molecule has 3 N–H and O–H groups in total. The Kier molecular flexibility index (Phi) is 5.20. The standard InChI is InChI=1S/C17H17Cl2N5O2/c1-4-21-16-15-8(7-22-17(20)24-15)5-9(23-16)12-13(18)10(25-2)6-11(26-3)14(12)19/h5-7H,4H2,1-3H3,(H,21,23)(H2,20,22,24). The lowest BCUT2D eigenvalue weighted by Gasteiger charge is -2.16. The lowest BCUT2D eigenvalue weighted by atomic mass is 10.1. The van der Waals surface area contributed by atoms with Crippen molar-refractivity contribution in [1.82, 2.24) is 15.0 Å². The van der Waals surface area contributed by atoms with Crippen LogP contribution in [0, 0.1) is 0 Å². The maximum atomic E-state index is 6.51. The monoisotopic (exact) mass is 393 g/mol. The molecule has 3 aromatic rings. The van der Waals surface area contributed by atoms with E-state index in [-0.39, 0.29) is 5.95 Å². The molecule has 2 aromatic heterocycles. The third kappa shape index (κ3) is 3.15. The SMILES string of the molecule is CCNc1nc(-c2c(Cl)c(OC)cc(OC)c2Cl)cc2cnc(N)nc12. The highest BCUT2D eigenvalue weighted by Gasteiger charge is 2.21. The summed E-state index contributed by atoms with van der Waals surface area (Å²) in [6.45, 7) is 2.61. The highest BCUT2D eigenvalue weighted by atomic mass is 35.5. The van der Waals surface area contributed by atoms with Gasteiger partial charge in [0, 0.05) is 29.8 Å². The van der Waals surface area contributed by atoms with Crippen LogP contribution in [0.4, 0.5) is 11.8 Å². The van der Waals surface area contributed by atoms with E-state index in [9.17, 15) is 0 Å². The summed E-state index contributed by atoms with van der Waals surface area (Å²) in [5.74, 6) is 1.60. The molecule has 2 heterocycles. The van der Waals surface area contributed by atoms with Crippen LogP contribution < -0.4 is 20.5 Å². The number of nitrogens with one attached hydrogen (secondary N) is 1. The van der Waals surface area contributed by atoms with E-state index in [0.29, 0.717) is 50.7 Å². The molecule has 0 amide bonds. The second-order valence-corrected chi connectivity index (χ2v) is 6.09. The second kappa shape index (κ2) is 7.39. The summed E-state index contributed by atoms with van der Waals surface area (Å²) in [6, 6.07) is 3.42. The lowest BCUT2D eigenvalue weighted by molar-refractivity contribution is 0.395. The van der Waals surface area contributed by atoms with Crippen molar-refractivity contribution in [2.24, 2.45) is 0 Å². The summed E-state index contributed by atoms with van der Waals surface area (Å²) in [7, 11) is 3.04. The average molecular weight is 394 g/mol. The van der Waals surface area contributed by atoms with E-state index in [2.05, 4.69) is 20.3 Å². The molecule has 0 aliphatic carbocycles. The minimum Gasteiger partial charge on any atom is -0.495 e. The van der Waals surface area contributed by atoms with Crippen molar-refractivity contribution in [3.05, 3.63) is 28.4 Å². The first kappa shape index (κ1) is 18.3. The van der Waals surface area contributed by atoms with Gasteiger partial charge < -0.3 is 20.5 Å². The fourth-order valence-electron chi connectivity index (χ4n) is 2.58. The average Bonchev–Trinajstić information content (AvgIpc) is 2.63. The van der Waals surface area contributed by atoms with Gasteiger partial charge in [-0.2, -0.15) is 0 Å². The van der Waals surface area contributed by atoms with E-state index >= 15 is 0 Å². The van der Waals surface area contributed by atoms with Gasteiger partial charge >= 0.3 is 0 Å². The number of ether oxygens (including phenoxy) is 2. The van der Waals surface area contributed by atoms with Crippen molar-refractivity contribution < 1.29 is 9.47 Å². The maximum Gasteiger partial charge on any atom is 0.220 e. The van der Waals surface area contributed by atoms with Crippen LogP contribution >= 0.6 is 23.2 Å². The van der Waals surface area contributed by atoms with Crippen molar-refractivity contribution in [1.29, 1.82) is 0 Å². The molecule has 0 aliphatic rings. The van der Waals surface area contributed by atoms with Gasteiger partial charge in [0.25, 0.3) is 0 Å². The zero-order chi connectivity index (χ0) is 18.8. The van der Waals surface area contributed by atoms with Crippen LogP contribution in [-0.2, 0) is 0 Å². The largest absolute Gasteiger partial charge is 0.495 e. The van der Waals surface area contributed by atoms with Crippen LogP contribution in [0.1, 0.15) is 6.92 Å². The van der Waals surface area contributed by atoms with Gasteiger partial charge in [-0.05, 0) is 13.0 Å². The van der Waals surface area contributed by atoms with Gasteiger partial charge in [0.2, 0.25) is 5.95 Å². The van der Waals surface area contributed by atoms with Crippen molar-refractivity contribution in [2.75, 3.05) is 31.8 Å². The fourth-order valence-corrected chi connectivity index (χ4v) is 3.28. The summed E-state index contributed by atoms with van der Waals surface area (Å²) < 4.78 is 10.7. The Morgan fingerprint density at radius 1 is 1.08 bits per heavy atom. The predicted molar refractivity (Wildman–Crippen MR) is 104 cm³/mol. The molecular weight excluding hydrogens is 377 g/mol. The first-order valence-corrected chi connectivity index (χ1v) is 8.53. The van der Waals surface area contributed by atoms with Crippen molar-refractivity contribution in [2.45, 2.75) is 6.92 Å². The normalized spacial score (nSPS) is 10.8. The summed E-state index contributed by atoms with van der Waals surface area (Å²) in [4.78, 5) is 13.0. The molecule has 0 aliphatic heterocycles. The number of nitrogens with zero attached hydrogens (tertiary/aromatic N) is 3. The molecule has 0 saturated heterocycles. The number of methoxy groups -OCH3 is 2. The molecule has 0 fully saturated rings. The van der Waals surface area contributed by atoms with Gasteiger partial charge in [-0.3, -0.25) is 0 Å². The number of anilines is 2. The zero-order valence-corrected chi connectivity index (χ0v) is 15.9. The van der Waals surface area contributed by atoms with Gasteiger partial charge in [-0.1, -0.05) is 23.2 Å². The second-order valence-electron chi connectivity index (χ2n) is 5.34. The number of hydrogen-bond donors (Lipinski definition) is 2. The Morgan fingerprint density at radius 3 is 2.31 bits per heavy atom. The molecule has 0 saturated carbocycles. The number of hydrogen-bond acceptors (Lipinski definition) is 7. The fraction of sp³-hybridized carbons (Fsp3) is 0.235. The van der Waals surface area contributed by atoms with Crippen LogP contribution in [0.15, 0.2) is 18.3 Å². The van der Waals surface area contributed by atoms with Crippen LogP contribution in [0.3, 0.4) is 0 Å². The molecule has 26 heavy (non-hydrogen) atoms. The molecule has 3 rings (SSSR count). The number of halogens is 2. The number of nitrogen functional groups attached to an aromatic ring is 1. The van der Waals surface area contributed by atoms with E-state index < -0.39 is 0 Å². The first-order valence-electron chi connectivity index (χ1n) is 7.77. The lowest BCUT2D eigenvalue weighted by Crippen LogP contribution is -2.04. The van der Waals surface area contributed by atoms with Crippen LogP contribution in [0.2, 0.25) is 10.0 Å². The molecule has 0 radical (unpaired) electrons. The maximum absolute atomic E-state index is 6.51. The van der Waals surface area contributed by atoms with Gasteiger partial charge in [0.05, 0.1) is 30.0 Å². The van der Waals surface area contributed by atoms with Crippen molar-refractivity contribution >= 4 is 45.9 Å². The van der Waals surface area contributed by atoms with Gasteiger partial charge in [0.15, 0.2) is 5.82 Å². The number of pyridine rings is 1. The predicted octanol–water partition coefficient (Wildman–Crippen LogP) is 4.03. The summed E-state index contributed by atoms with van der Waals surface area (Å²) in [5, 5.41) is 4.60. The van der Waals surface area contributed by atoms with E-state index in [4.69, 9.17) is 38.4 Å². The van der Waals surface area contributed by atoms with Crippen LogP contribution in [0.5, 0.6) is 11.5 Å². The third-order valence-electron chi connectivity index (χ3n) is 3.76. The van der Waals surface area contributed by atoms with Gasteiger partial charge in [-0.15, -0.1) is 0 Å². The van der Waals surface area contributed by atoms with E-state index in [1.165, 1.54) is 14.2 Å². The van der Waals surface area contributed by atoms with E-state index in [0.717, 1.165) is 5.39 Å². The molecule has 0 bridgehead atoms. The summed E-state index contributed by atoms with van der Waals surface area (Å²) in [5.41, 5.74) is 7.36. The topological polar surface area (TPSA) is 95.2 Å². The third-order valence-corrected chi connectivity index (χ3v) is 4.51. The minimum atomic E-state index is 0.172. The quantitative estimate of drug-likeness (QED) is 0.675. The molecule has 0 unspecified atom stereocenters. The Morgan fingerprint density at radius 2 is 1.73 bits per heavy atom. The summed E-state index contributed by atoms with van der Waals surface area (Å²) in [6.07, 6.45) is 1.63. The number of benzene rings is 1. The van der Waals surface area contributed by atoms with Crippen LogP contribution in [0.25, 0.3) is 22.2 Å². The molecule has 136 valence electrons. The highest BCUT2D eigenvalue weighted by molar-refractivity contribution is 6.41. The number of aromatic nitrogens is 3. The Bertz CT molecular complexity index is 953. The summed E-state index contributed by atoms with van der Waals surface area (Å²) >= 11 is 13.0. The molecule has 7 nitrogen and oxygen atoms in total. The van der Waals surface area contributed by atoms with E-state index in [1.807, 2.05) is 6.92 Å². The van der Waals surface area contributed by atoms with Gasteiger partial charge in [0.1, 0.15) is 17.0 Å². The van der Waals surface area contributed by atoms with Crippen LogP contribution in [-0.4, -0.2) is 35.7 Å². The molecule has 0 atom stereocenters. The molecular formula is C17H17Cl2N5O2. The highest BCUT2D eigenvalue weighted by Crippen LogP contribution is 2.46. The minimum absolute atomic E-state index is 0.172. The smallest absolute Gasteiger partial charge is 0.220 e. The first-order chi connectivity index (χ1) is 12.5. The number of rotatable bonds is 5.